The van der Waals surface area contributed by atoms with Crippen molar-refractivity contribution in [2.75, 3.05) is 6.61 Å². The lowest BCUT2D eigenvalue weighted by Gasteiger charge is -2.03. The van der Waals surface area contributed by atoms with Crippen molar-refractivity contribution in [3.05, 3.63) is 28.2 Å². The third-order valence-electron chi connectivity index (χ3n) is 2.16. The summed E-state index contributed by atoms with van der Waals surface area (Å²) < 4.78 is 4.86. The third-order valence-corrected chi connectivity index (χ3v) is 3.14. The van der Waals surface area contributed by atoms with E-state index in [0.717, 1.165) is 23.4 Å². The first-order valence-corrected chi connectivity index (χ1v) is 5.99. The van der Waals surface area contributed by atoms with Gasteiger partial charge in [0.05, 0.1) is 6.61 Å². The lowest BCUT2D eigenvalue weighted by Crippen LogP contribution is -2.03. The second kappa shape index (κ2) is 5.03. The number of rotatable bonds is 3. The Morgan fingerprint density at radius 3 is 3.12 bits per heavy atom. The molecule has 0 amide bonds. The van der Waals surface area contributed by atoms with Gasteiger partial charge in [0.2, 0.25) is 5.01 Å². The van der Waals surface area contributed by atoms with Crippen molar-refractivity contribution in [1.29, 1.82) is 0 Å². The number of hydrogen-bond donors (Lipinski definition) is 0. The van der Waals surface area contributed by atoms with Crippen LogP contribution in [-0.2, 0) is 4.74 Å². The maximum Gasteiger partial charge on any atom is 0.369 e. The van der Waals surface area contributed by atoms with Gasteiger partial charge in [0.15, 0.2) is 0 Å². The summed E-state index contributed by atoms with van der Waals surface area (Å²) in [6.07, 6.45) is 8.09. The average molecular weight is 236 g/mol. The molecular formula is C11H12N2O2S. The Morgan fingerprint density at radius 1 is 1.56 bits per heavy atom. The van der Waals surface area contributed by atoms with Crippen molar-refractivity contribution in [1.82, 2.24) is 10.2 Å². The van der Waals surface area contributed by atoms with Crippen molar-refractivity contribution in [2.24, 2.45) is 0 Å². The molecule has 1 aliphatic carbocycles. The number of carbonyl (C=O) groups is 1. The number of nitrogens with zero attached hydrogens (tertiary/aromatic N) is 2. The van der Waals surface area contributed by atoms with Crippen LogP contribution in [-0.4, -0.2) is 22.8 Å². The highest BCUT2D eigenvalue weighted by Gasteiger charge is 2.15. The minimum Gasteiger partial charge on any atom is -0.461 e. The van der Waals surface area contributed by atoms with Crippen LogP contribution in [0.3, 0.4) is 0 Å². The van der Waals surface area contributed by atoms with Crippen LogP contribution in [0.4, 0.5) is 0 Å². The summed E-state index contributed by atoms with van der Waals surface area (Å²) in [4.78, 5) is 11.4. The van der Waals surface area contributed by atoms with Crippen LogP contribution >= 0.6 is 11.3 Å². The van der Waals surface area contributed by atoms with Gasteiger partial charge in [-0.25, -0.2) is 4.79 Å². The Labute approximate surface area is 97.7 Å². The highest BCUT2D eigenvalue weighted by Crippen LogP contribution is 2.26. The summed E-state index contributed by atoms with van der Waals surface area (Å²) in [5, 5.41) is 8.99. The molecule has 0 saturated carbocycles. The molecule has 0 bridgehead atoms. The largest absolute Gasteiger partial charge is 0.461 e. The van der Waals surface area contributed by atoms with Crippen molar-refractivity contribution < 1.29 is 9.53 Å². The van der Waals surface area contributed by atoms with Crippen LogP contribution in [0.1, 0.15) is 34.6 Å². The van der Waals surface area contributed by atoms with Crippen molar-refractivity contribution in [3.8, 4) is 0 Å². The number of allylic oxidation sites excluding steroid dienone is 4. The van der Waals surface area contributed by atoms with Gasteiger partial charge in [-0.2, -0.15) is 0 Å². The molecule has 1 aliphatic rings. The number of ether oxygens (including phenoxy) is 1. The smallest absolute Gasteiger partial charge is 0.369 e. The minimum atomic E-state index is -0.391. The van der Waals surface area contributed by atoms with Gasteiger partial charge in [-0.05, 0) is 25.3 Å². The highest BCUT2D eigenvalue weighted by molar-refractivity contribution is 7.14. The van der Waals surface area contributed by atoms with E-state index in [1.165, 1.54) is 11.3 Å². The van der Waals surface area contributed by atoms with Crippen LogP contribution in [0.5, 0.6) is 0 Å². The summed E-state index contributed by atoms with van der Waals surface area (Å²) in [6, 6.07) is 0. The van der Waals surface area contributed by atoms with E-state index in [1.54, 1.807) is 6.92 Å². The Bertz CT molecular complexity index is 449. The normalized spacial score (nSPS) is 14.7. The fourth-order valence-corrected chi connectivity index (χ4v) is 2.20. The van der Waals surface area contributed by atoms with Crippen LogP contribution in [0.25, 0.3) is 5.57 Å². The molecule has 1 heterocycles. The van der Waals surface area contributed by atoms with E-state index in [1.807, 2.05) is 12.2 Å². The zero-order chi connectivity index (χ0) is 11.4. The van der Waals surface area contributed by atoms with Crippen LogP contribution < -0.4 is 0 Å². The molecule has 0 saturated heterocycles. The molecule has 1 aromatic heterocycles. The highest BCUT2D eigenvalue weighted by atomic mass is 32.1. The molecule has 1 aromatic rings. The molecular weight excluding hydrogens is 224 g/mol. The number of carbonyl (C=O) groups excluding carboxylic acids is 1. The summed E-state index contributed by atoms with van der Waals surface area (Å²) in [6.45, 7) is 2.13. The topological polar surface area (TPSA) is 52.1 Å². The summed E-state index contributed by atoms with van der Waals surface area (Å²) in [5.74, 6) is -0.391. The third kappa shape index (κ3) is 2.36. The molecule has 2 rings (SSSR count). The molecule has 0 spiro atoms. The molecule has 0 fully saturated rings. The molecule has 0 unspecified atom stereocenters. The molecule has 84 valence electrons. The van der Waals surface area contributed by atoms with E-state index in [9.17, 15) is 4.79 Å². The fourth-order valence-electron chi connectivity index (χ4n) is 1.41. The lowest BCUT2D eigenvalue weighted by atomic mass is 10.1. The molecule has 0 atom stereocenters. The summed E-state index contributed by atoms with van der Waals surface area (Å²) >= 11 is 1.29. The number of hydrogen-bond acceptors (Lipinski definition) is 5. The summed E-state index contributed by atoms with van der Waals surface area (Å²) in [7, 11) is 0. The van der Waals surface area contributed by atoms with Crippen molar-refractivity contribution in [2.45, 2.75) is 19.8 Å². The summed E-state index contributed by atoms with van der Waals surface area (Å²) in [5.41, 5.74) is 1.13. The standard InChI is InChI=1S/C11H12N2O2S/c1-2-15-11(14)10-13-12-9(16-10)8-6-4-3-5-7-8/h3-4,6H,2,5,7H2,1H3. The Hall–Kier alpha value is -1.49. The first-order chi connectivity index (χ1) is 7.81. The van der Waals surface area contributed by atoms with E-state index in [2.05, 4.69) is 16.3 Å². The molecule has 5 heteroatoms. The van der Waals surface area contributed by atoms with Gasteiger partial charge in [0.1, 0.15) is 5.01 Å². The van der Waals surface area contributed by atoms with E-state index in [-0.39, 0.29) is 0 Å². The Morgan fingerprint density at radius 2 is 2.44 bits per heavy atom. The average Bonchev–Trinajstić information content (AvgIpc) is 2.80. The number of esters is 1. The van der Waals surface area contributed by atoms with E-state index in [4.69, 9.17) is 4.74 Å². The first kappa shape index (κ1) is 11.0. The van der Waals surface area contributed by atoms with Gasteiger partial charge in [-0.15, -0.1) is 10.2 Å². The minimum absolute atomic E-state index is 0.326. The molecule has 16 heavy (non-hydrogen) atoms. The molecule has 0 radical (unpaired) electrons. The SMILES string of the molecule is CCOC(=O)c1nnc(C2=CC=CCC2)s1. The van der Waals surface area contributed by atoms with Gasteiger partial charge in [-0.3, -0.25) is 0 Å². The monoisotopic (exact) mass is 236 g/mol. The maximum atomic E-state index is 11.4. The van der Waals surface area contributed by atoms with E-state index < -0.39 is 5.97 Å². The van der Waals surface area contributed by atoms with Gasteiger partial charge >= 0.3 is 5.97 Å². The lowest BCUT2D eigenvalue weighted by molar-refractivity contribution is 0.0525. The fraction of sp³-hybridized carbons (Fsp3) is 0.364. The molecule has 0 aromatic carbocycles. The van der Waals surface area contributed by atoms with Gasteiger partial charge in [-0.1, -0.05) is 29.6 Å². The quantitative estimate of drug-likeness (QED) is 0.756. The van der Waals surface area contributed by atoms with Crippen LogP contribution in [0.2, 0.25) is 0 Å². The second-order valence-electron chi connectivity index (χ2n) is 3.29. The number of aromatic nitrogens is 2. The Kier molecular flexibility index (Phi) is 3.46. The predicted octanol–water partition coefficient (Wildman–Crippen LogP) is 2.45. The van der Waals surface area contributed by atoms with Gasteiger partial charge in [0.25, 0.3) is 0 Å². The molecule has 0 N–H and O–H groups in total. The maximum absolute atomic E-state index is 11.4. The second-order valence-corrected chi connectivity index (χ2v) is 4.27. The zero-order valence-electron chi connectivity index (χ0n) is 8.97. The van der Waals surface area contributed by atoms with Gasteiger partial charge in [0, 0.05) is 0 Å². The van der Waals surface area contributed by atoms with Crippen molar-refractivity contribution in [3.63, 3.8) is 0 Å². The van der Waals surface area contributed by atoms with Crippen LogP contribution in [0, 0.1) is 0 Å². The van der Waals surface area contributed by atoms with Gasteiger partial charge < -0.3 is 4.74 Å². The van der Waals surface area contributed by atoms with E-state index >= 15 is 0 Å². The molecule has 0 aliphatic heterocycles. The van der Waals surface area contributed by atoms with Crippen LogP contribution in [0.15, 0.2) is 18.2 Å². The Balaban J connectivity index is 2.16. The predicted molar refractivity (Wildman–Crippen MR) is 62.2 cm³/mol. The zero-order valence-corrected chi connectivity index (χ0v) is 9.79. The molecule has 4 nitrogen and oxygen atoms in total. The van der Waals surface area contributed by atoms with Crippen molar-refractivity contribution >= 4 is 22.9 Å². The van der Waals surface area contributed by atoms with E-state index in [0.29, 0.717) is 11.6 Å². The first-order valence-electron chi connectivity index (χ1n) is 5.18.